The van der Waals surface area contributed by atoms with Gasteiger partial charge in [0, 0.05) is 18.2 Å². The number of nitrogens with zero attached hydrogens (tertiary/aromatic N) is 1. The maximum Gasteiger partial charge on any atom is 0.230 e. The third-order valence-corrected chi connectivity index (χ3v) is 6.59. The van der Waals surface area contributed by atoms with Gasteiger partial charge >= 0.3 is 0 Å². The number of carbonyl (C=O) groups is 2. The monoisotopic (exact) mass is 390 g/mol. The van der Waals surface area contributed by atoms with Gasteiger partial charge in [0.15, 0.2) is 0 Å². The second kappa shape index (κ2) is 8.40. The third-order valence-electron chi connectivity index (χ3n) is 6.59. The Bertz CT molecular complexity index is 907. The molecule has 0 aromatic heterocycles. The number of para-hydroxylation sites is 1. The van der Waals surface area contributed by atoms with Gasteiger partial charge in [-0.15, -0.1) is 0 Å². The second-order valence-corrected chi connectivity index (χ2v) is 8.45. The smallest absolute Gasteiger partial charge is 0.230 e. The zero-order valence-corrected chi connectivity index (χ0v) is 17.4. The van der Waals surface area contributed by atoms with Crippen LogP contribution in [0.4, 0.5) is 5.69 Å². The van der Waals surface area contributed by atoms with Crippen molar-refractivity contribution < 1.29 is 9.59 Å². The van der Waals surface area contributed by atoms with Gasteiger partial charge in [-0.25, -0.2) is 0 Å². The molecule has 1 aliphatic carbocycles. The van der Waals surface area contributed by atoms with Crippen LogP contribution in [0.25, 0.3) is 0 Å². The van der Waals surface area contributed by atoms with Crippen molar-refractivity contribution in [1.82, 2.24) is 5.32 Å². The van der Waals surface area contributed by atoms with Gasteiger partial charge in [0.2, 0.25) is 11.8 Å². The van der Waals surface area contributed by atoms with E-state index in [1.165, 1.54) is 11.1 Å². The average Bonchev–Trinajstić information content (AvgIpc) is 3.17. The van der Waals surface area contributed by atoms with Gasteiger partial charge in [0.05, 0.1) is 12.0 Å². The van der Waals surface area contributed by atoms with Gasteiger partial charge in [-0.3, -0.25) is 9.59 Å². The molecular weight excluding hydrogens is 360 g/mol. The van der Waals surface area contributed by atoms with Crippen molar-refractivity contribution in [2.75, 3.05) is 11.4 Å². The van der Waals surface area contributed by atoms with Crippen LogP contribution in [-0.2, 0) is 16.0 Å². The lowest BCUT2D eigenvalue weighted by Gasteiger charge is -2.33. The number of anilines is 1. The highest BCUT2D eigenvalue weighted by Crippen LogP contribution is 2.36. The van der Waals surface area contributed by atoms with E-state index in [0.717, 1.165) is 49.9 Å². The molecule has 1 saturated carbocycles. The van der Waals surface area contributed by atoms with E-state index in [4.69, 9.17) is 0 Å². The van der Waals surface area contributed by atoms with Crippen LogP contribution in [0.15, 0.2) is 48.5 Å². The molecule has 1 N–H and O–H groups in total. The van der Waals surface area contributed by atoms with Crippen molar-refractivity contribution in [2.24, 2.45) is 11.8 Å². The van der Waals surface area contributed by atoms with Gasteiger partial charge in [-0.05, 0) is 55.9 Å². The Labute approximate surface area is 173 Å². The zero-order chi connectivity index (χ0) is 20.4. The van der Waals surface area contributed by atoms with E-state index in [-0.39, 0.29) is 29.7 Å². The molecule has 0 radical (unpaired) electrons. The number of amides is 2. The molecular formula is C25H30N2O2. The van der Waals surface area contributed by atoms with Gasteiger partial charge in [-0.2, -0.15) is 0 Å². The Balaban J connectivity index is 1.49. The van der Waals surface area contributed by atoms with Gasteiger partial charge < -0.3 is 10.2 Å². The number of hydrogen-bond acceptors (Lipinski definition) is 2. The fourth-order valence-electron chi connectivity index (χ4n) is 4.98. The number of aryl methyl sites for hydroxylation is 1. The molecule has 4 rings (SSSR count). The lowest BCUT2D eigenvalue weighted by molar-refractivity contribution is -0.135. The summed E-state index contributed by atoms with van der Waals surface area (Å²) in [5.41, 5.74) is 4.56. The molecule has 0 bridgehead atoms. The highest BCUT2D eigenvalue weighted by atomic mass is 16.2. The number of hydrogen-bond donors (Lipinski definition) is 1. The van der Waals surface area contributed by atoms with E-state index < -0.39 is 0 Å². The number of benzene rings is 2. The van der Waals surface area contributed by atoms with Crippen molar-refractivity contribution in [3.63, 3.8) is 0 Å². The molecule has 1 fully saturated rings. The maximum absolute atomic E-state index is 13.4. The van der Waals surface area contributed by atoms with Crippen LogP contribution in [0, 0.1) is 18.8 Å². The molecule has 3 unspecified atom stereocenters. The molecule has 29 heavy (non-hydrogen) atoms. The first-order valence-corrected chi connectivity index (χ1v) is 10.8. The minimum absolute atomic E-state index is 0.0197. The Hall–Kier alpha value is -2.62. The summed E-state index contributed by atoms with van der Waals surface area (Å²) >= 11 is 0. The molecule has 2 amide bonds. The third kappa shape index (κ3) is 3.93. The van der Waals surface area contributed by atoms with Crippen molar-refractivity contribution >= 4 is 17.5 Å². The molecule has 2 aromatic carbocycles. The summed E-state index contributed by atoms with van der Waals surface area (Å²) in [6.45, 7) is 4.81. The first-order chi connectivity index (χ1) is 14.1. The lowest BCUT2D eigenvalue weighted by atomic mass is 9.77. The first kappa shape index (κ1) is 19.7. The largest absolute Gasteiger partial charge is 0.349 e. The highest BCUT2D eigenvalue weighted by Gasteiger charge is 2.39. The minimum Gasteiger partial charge on any atom is -0.349 e. The van der Waals surface area contributed by atoms with Crippen LogP contribution in [0.5, 0.6) is 0 Å². The fraction of sp³-hybridized carbons (Fsp3) is 0.440. The van der Waals surface area contributed by atoms with Gasteiger partial charge in [0.25, 0.3) is 0 Å². The lowest BCUT2D eigenvalue weighted by Crippen LogP contribution is -2.45. The zero-order valence-electron chi connectivity index (χ0n) is 17.4. The van der Waals surface area contributed by atoms with Crippen molar-refractivity contribution in [1.29, 1.82) is 0 Å². The Morgan fingerprint density at radius 2 is 1.69 bits per heavy atom. The average molecular weight is 391 g/mol. The first-order valence-electron chi connectivity index (χ1n) is 10.8. The summed E-state index contributed by atoms with van der Waals surface area (Å²) in [4.78, 5) is 28.5. The van der Waals surface area contributed by atoms with Gasteiger partial charge in [-0.1, -0.05) is 55.3 Å². The number of carbonyl (C=O) groups excluding carboxylic acids is 2. The van der Waals surface area contributed by atoms with Crippen molar-refractivity contribution in [2.45, 2.75) is 52.0 Å². The summed E-state index contributed by atoms with van der Waals surface area (Å²) < 4.78 is 0. The van der Waals surface area contributed by atoms with Crippen LogP contribution < -0.4 is 10.2 Å². The van der Waals surface area contributed by atoms with E-state index >= 15 is 0 Å². The van der Waals surface area contributed by atoms with Gasteiger partial charge in [0.1, 0.15) is 0 Å². The van der Waals surface area contributed by atoms with E-state index in [1.807, 2.05) is 42.2 Å². The molecule has 2 aromatic rings. The number of rotatable bonds is 4. The van der Waals surface area contributed by atoms with Crippen LogP contribution in [-0.4, -0.2) is 18.4 Å². The quantitative estimate of drug-likeness (QED) is 0.831. The Kier molecular flexibility index (Phi) is 5.70. The van der Waals surface area contributed by atoms with Crippen LogP contribution in [0.1, 0.15) is 55.3 Å². The summed E-state index contributed by atoms with van der Waals surface area (Å²) in [7, 11) is 0. The summed E-state index contributed by atoms with van der Waals surface area (Å²) in [6.07, 6.45) is 4.52. The molecule has 152 valence electrons. The van der Waals surface area contributed by atoms with E-state index in [0.29, 0.717) is 0 Å². The highest BCUT2D eigenvalue weighted by molar-refractivity contribution is 5.99. The topological polar surface area (TPSA) is 49.4 Å². The fourth-order valence-corrected chi connectivity index (χ4v) is 4.98. The summed E-state index contributed by atoms with van der Waals surface area (Å²) in [6, 6.07) is 16.2. The Morgan fingerprint density at radius 3 is 2.48 bits per heavy atom. The van der Waals surface area contributed by atoms with Crippen LogP contribution >= 0.6 is 0 Å². The SMILES string of the molecule is Cc1ccccc1C(C)NC(=O)C1CCCCC1C(=O)N1CCc2ccccc21. The normalized spacial score (nSPS) is 22.1. The van der Waals surface area contributed by atoms with Crippen molar-refractivity contribution in [3.05, 3.63) is 65.2 Å². The molecule has 0 spiro atoms. The molecule has 2 aliphatic rings. The minimum atomic E-state index is -0.240. The predicted molar refractivity (Wildman–Crippen MR) is 116 cm³/mol. The summed E-state index contributed by atoms with van der Waals surface area (Å²) in [5.74, 6) is -0.320. The number of nitrogens with one attached hydrogen (secondary N) is 1. The summed E-state index contributed by atoms with van der Waals surface area (Å²) in [5, 5.41) is 3.19. The molecule has 4 nitrogen and oxygen atoms in total. The van der Waals surface area contributed by atoms with E-state index in [1.54, 1.807) is 0 Å². The van der Waals surface area contributed by atoms with E-state index in [9.17, 15) is 9.59 Å². The van der Waals surface area contributed by atoms with Crippen LogP contribution in [0.2, 0.25) is 0 Å². The Morgan fingerprint density at radius 1 is 1.00 bits per heavy atom. The van der Waals surface area contributed by atoms with Crippen molar-refractivity contribution in [3.8, 4) is 0 Å². The standard InChI is InChI=1S/C25H30N2O2/c1-17-9-3-5-11-20(17)18(2)26-24(28)21-12-6-7-13-22(21)25(29)27-16-15-19-10-4-8-14-23(19)27/h3-5,8-11,14,18,21-22H,6-7,12-13,15-16H2,1-2H3,(H,26,28). The molecule has 3 atom stereocenters. The molecule has 1 heterocycles. The van der Waals surface area contributed by atoms with E-state index in [2.05, 4.69) is 30.4 Å². The molecule has 0 saturated heterocycles. The number of fused-ring (bicyclic) bond motifs is 1. The van der Waals surface area contributed by atoms with Crippen LogP contribution in [0.3, 0.4) is 0 Å². The second-order valence-electron chi connectivity index (χ2n) is 8.45. The predicted octanol–water partition coefficient (Wildman–Crippen LogP) is 4.57. The molecule has 4 heteroatoms. The maximum atomic E-state index is 13.4. The molecule has 1 aliphatic heterocycles.